The Balaban J connectivity index is 2.09. The molecular weight excluding hydrogens is 214 g/mol. The van der Waals surface area contributed by atoms with E-state index in [2.05, 4.69) is 11.1 Å². The summed E-state index contributed by atoms with van der Waals surface area (Å²) in [4.78, 5) is 3.93. The molecule has 0 spiro atoms. The van der Waals surface area contributed by atoms with Gasteiger partial charge in [0.2, 0.25) is 0 Å². The van der Waals surface area contributed by atoms with Gasteiger partial charge in [-0.2, -0.15) is 5.26 Å². The van der Waals surface area contributed by atoms with Crippen LogP contribution in [-0.2, 0) is 6.42 Å². The van der Waals surface area contributed by atoms with Crippen molar-refractivity contribution in [3.8, 4) is 17.6 Å². The van der Waals surface area contributed by atoms with Crippen molar-refractivity contribution in [2.75, 3.05) is 5.73 Å². The van der Waals surface area contributed by atoms with Crippen molar-refractivity contribution in [3.63, 3.8) is 0 Å². The summed E-state index contributed by atoms with van der Waals surface area (Å²) >= 11 is 0. The number of aromatic nitrogens is 1. The van der Waals surface area contributed by atoms with E-state index in [0.717, 1.165) is 5.56 Å². The van der Waals surface area contributed by atoms with E-state index in [1.54, 1.807) is 18.3 Å². The highest BCUT2D eigenvalue weighted by Crippen LogP contribution is 2.21. The molecule has 0 fully saturated rings. The van der Waals surface area contributed by atoms with Crippen molar-refractivity contribution >= 4 is 5.82 Å². The van der Waals surface area contributed by atoms with E-state index in [4.69, 9.17) is 15.7 Å². The predicted molar refractivity (Wildman–Crippen MR) is 64.5 cm³/mol. The van der Waals surface area contributed by atoms with Crippen LogP contribution < -0.4 is 10.5 Å². The molecule has 4 heteroatoms. The molecule has 2 rings (SSSR count). The minimum Gasteiger partial charge on any atom is -0.456 e. The van der Waals surface area contributed by atoms with Gasteiger partial charge in [-0.15, -0.1) is 0 Å². The zero-order valence-electron chi connectivity index (χ0n) is 9.13. The molecule has 0 aliphatic rings. The molecule has 0 aliphatic carbocycles. The van der Waals surface area contributed by atoms with Crippen molar-refractivity contribution in [1.29, 1.82) is 5.26 Å². The average molecular weight is 225 g/mol. The summed E-state index contributed by atoms with van der Waals surface area (Å²) in [6, 6.07) is 12.9. The summed E-state index contributed by atoms with van der Waals surface area (Å²) in [6.45, 7) is 0. The molecule has 2 N–H and O–H groups in total. The molecule has 0 saturated heterocycles. The number of nitrogens with two attached hydrogens (primary N) is 1. The average Bonchev–Trinajstić information content (AvgIpc) is 2.35. The molecule has 0 amide bonds. The predicted octanol–water partition coefficient (Wildman–Crippen LogP) is 2.52. The molecule has 17 heavy (non-hydrogen) atoms. The summed E-state index contributed by atoms with van der Waals surface area (Å²) in [7, 11) is 0. The summed E-state index contributed by atoms with van der Waals surface area (Å²) in [6.07, 6.45) is 1.97. The highest BCUT2D eigenvalue weighted by atomic mass is 16.5. The molecule has 1 heterocycles. The molecule has 0 unspecified atom stereocenters. The minimum atomic E-state index is 0.406. The molecule has 2 aromatic rings. The maximum absolute atomic E-state index is 8.55. The lowest BCUT2D eigenvalue weighted by molar-refractivity contribution is 0.480. The topological polar surface area (TPSA) is 71.9 Å². The lowest BCUT2D eigenvalue weighted by Gasteiger charge is -2.05. The summed E-state index contributed by atoms with van der Waals surface area (Å²) in [5, 5.41) is 8.55. The Hall–Kier alpha value is -2.54. The second-order valence-electron chi connectivity index (χ2n) is 3.50. The van der Waals surface area contributed by atoms with E-state index in [9.17, 15) is 0 Å². The first-order valence-electron chi connectivity index (χ1n) is 5.13. The molecule has 0 radical (unpaired) electrons. The Morgan fingerprint density at radius 3 is 2.41 bits per heavy atom. The van der Waals surface area contributed by atoms with Crippen LogP contribution in [-0.4, -0.2) is 4.98 Å². The van der Waals surface area contributed by atoms with Crippen LogP contribution in [0.2, 0.25) is 0 Å². The zero-order chi connectivity index (χ0) is 12.1. The highest BCUT2D eigenvalue weighted by molar-refractivity contribution is 5.36. The quantitative estimate of drug-likeness (QED) is 0.871. The van der Waals surface area contributed by atoms with Crippen LogP contribution in [0.3, 0.4) is 0 Å². The van der Waals surface area contributed by atoms with Crippen LogP contribution in [0, 0.1) is 11.3 Å². The number of nitrogen functional groups attached to an aromatic ring is 1. The Bertz CT molecular complexity index is 526. The Morgan fingerprint density at radius 1 is 1.12 bits per heavy atom. The first-order valence-corrected chi connectivity index (χ1v) is 5.13. The molecule has 0 saturated carbocycles. The van der Waals surface area contributed by atoms with Crippen molar-refractivity contribution in [1.82, 2.24) is 4.98 Å². The van der Waals surface area contributed by atoms with Crippen molar-refractivity contribution < 1.29 is 4.74 Å². The van der Waals surface area contributed by atoms with Crippen LogP contribution in [0.5, 0.6) is 11.5 Å². The van der Waals surface area contributed by atoms with Crippen LogP contribution in [0.15, 0.2) is 42.6 Å². The highest BCUT2D eigenvalue weighted by Gasteiger charge is 1.98. The zero-order valence-corrected chi connectivity index (χ0v) is 9.13. The molecule has 0 aliphatic heterocycles. The van der Waals surface area contributed by atoms with Gasteiger partial charge < -0.3 is 10.5 Å². The van der Waals surface area contributed by atoms with Crippen molar-refractivity contribution in [2.45, 2.75) is 6.42 Å². The number of hydrogen-bond acceptors (Lipinski definition) is 4. The molecule has 1 aromatic carbocycles. The standard InChI is InChI=1S/C13H11N3O/c14-8-7-10-1-3-11(4-2-10)17-12-5-6-13(15)16-9-12/h1-6,9H,7H2,(H2,15,16). The Kier molecular flexibility index (Phi) is 3.22. The number of benzene rings is 1. The number of hydrogen-bond donors (Lipinski definition) is 1. The lowest BCUT2D eigenvalue weighted by Crippen LogP contribution is -1.90. The first-order chi connectivity index (χ1) is 8.28. The van der Waals surface area contributed by atoms with Crippen LogP contribution in [0.1, 0.15) is 5.56 Å². The maximum Gasteiger partial charge on any atom is 0.145 e. The number of ether oxygens (including phenoxy) is 1. The van der Waals surface area contributed by atoms with Gasteiger partial charge in [0, 0.05) is 0 Å². The fourth-order valence-electron chi connectivity index (χ4n) is 1.35. The Labute approximate surface area is 99.3 Å². The number of rotatable bonds is 3. The molecule has 4 nitrogen and oxygen atoms in total. The second-order valence-corrected chi connectivity index (χ2v) is 3.50. The van der Waals surface area contributed by atoms with E-state index in [1.807, 2.05) is 24.3 Å². The summed E-state index contributed by atoms with van der Waals surface area (Å²) in [5.41, 5.74) is 6.44. The van der Waals surface area contributed by atoms with Gasteiger partial charge in [0.05, 0.1) is 18.7 Å². The van der Waals surface area contributed by atoms with Crippen LogP contribution in [0.4, 0.5) is 5.82 Å². The SMILES string of the molecule is N#CCc1ccc(Oc2ccc(N)nc2)cc1. The fourth-order valence-corrected chi connectivity index (χ4v) is 1.35. The minimum absolute atomic E-state index is 0.406. The van der Waals surface area contributed by atoms with E-state index < -0.39 is 0 Å². The number of nitrogens with zero attached hydrogens (tertiary/aromatic N) is 2. The third kappa shape index (κ3) is 2.95. The van der Waals surface area contributed by atoms with Gasteiger partial charge in [0.25, 0.3) is 0 Å². The fraction of sp³-hybridized carbons (Fsp3) is 0.0769. The van der Waals surface area contributed by atoms with E-state index >= 15 is 0 Å². The molecule has 1 aromatic heterocycles. The van der Waals surface area contributed by atoms with Crippen LogP contribution >= 0.6 is 0 Å². The molecule has 84 valence electrons. The van der Waals surface area contributed by atoms with Crippen molar-refractivity contribution in [2.24, 2.45) is 0 Å². The largest absolute Gasteiger partial charge is 0.456 e. The normalized spacial score (nSPS) is 9.59. The van der Waals surface area contributed by atoms with Gasteiger partial charge in [-0.05, 0) is 29.8 Å². The van der Waals surface area contributed by atoms with Gasteiger partial charge in [-0.1, -0.05) is 12.1 Å². The van der Waals surface area contributed by atoms with E-state index in [-0.39, 0.29) is 0 Å². The summed E-state index contributed by atoms with van der Waals surface area (Å²) < 4.78 is 5.57. The van der Waals surface area contributed by atoms with Gasteiger partial charge in [-0.3, -0.25) is 0 Å². The number of anilines is 1. The van der Waals surface area contributed by atoms with Crippen LogP contribution in [0.25, 0.3) is 0 Å². The maximum atomic E-state index is 8.55. The third-order valence-electron chi connectivity index (χ3n) is 2.20. The monoisotopic (exact) mass is 225 g/mol. The number of pyridine rings is 1. The third-order valence-corrected chi connectivity index (χ3v) is 2.20. The van der Waals surface area contributed by atoms with Crippen molar-refractivity contribution in [3.05, 3.63) is 48.2 Å². The first kappa shape index (κ1) is 11.0. The molecular formula is C13H11N3O. The van der Waals surface area contributed by atoms with E-state index in [1.165, 1.54) is 0 Å². The van der Waals surface area contributed by atoms with Gasteiger partial charge in [-0.25, -0.2) is 4.98 Å². The van der Waals surface area contributed by atoms with Gasteiger partial charge >= 0.3 is 0 Å². The molecule has 0 bridgehead atoms. The number of nitriles is 1. The van der Waals surface area contributed by atoms with Gasteiger partial charge in [0.1, 0.15) is 17.3 Å². The smallest absolute Gasteiger partial charge is 0.145 e. The van der Waals surface area contributed by atoms with Gasteiger partial charge in [0.15, 0.2) is 0 Å². The molecule has 0 atom stereocenters. The second kappa shape index (κ2) is 4.99. The van der Waals surface area contributed by atoms with E-state index in [0.29, 0.717) is 23.7 Å². The lowest BCUT2D eigenvalue weighted by atomic mass is 10.2. The summed E-state index contributed by atoms with van der Waals surface area (Å²) in [5.74, 6) is 1.80. The Morgan fingerprint density at radius 2 is 1.82 bits per heavy atom.